The topological polar surface area (TPSA) is 15.3 Å². The molecular weight excluding hydrogens is 172 g/mol. The lowest BCUT2D eigenvalue weighted by atomic mass is 9.86. The minimum atomic E-state index is 0.794. The Morgan fingerprint density at radius 2 is 1.86 bits per heavy atom. The summed E-state index contributed by atoms with van der Waals surface area (Å²) in [5.74, 6) is 0.955. The molecule has 0 amide bonds. The first-order valence-electron chi connectivity index (χ1n) is 6.12. The summed E-state index contributed by atoms with van der Waals surface area (Å²) in [5.41, 5.74) is 0. The molecule has 0 aromatic heterocycles. The molecule has 0 unspecified atom stereocenters. The maximum absolute atomic E-state index is 3.39. The number of hydrogen-bond acceptors (Lipinski definition) is 2. The van der Waals surface area contributed by atoms with E-state index in [1.807, 2.05) is 0 Å². The molecule has 1 saturated carbocycles. The van der Waals surface area contributed by atoms with Gasteiger partial charge in [0.05, 0.1) is 0 Å². The van der Waals surface area contributed by atoms with Crippen molar-refractivity contribution in [2.75, 3.05) is 27.2 Å². The van der Waals surface area contributed by atoms with Crippen LogP contribution in [-0.4, -0.2) is 38.1 Å². The van der Waals surface area contributed by atoms with E-state index >= 15 is 0 Å². The van der Waals surface area contributed by atoms with Crippen LogP contribution in [0.4, 0.5) is 0 Å². The largest absolute Gasteiger partial charge is 0.317 e. The molecule has 0 aromatic rings. The van der Waals surface area contributed by atoms with Gasteiger partial charge in [-0.2, -0.15) is 0 Å². The second-order valence-electron chi connectivity index (χ2n) is 4.77. The predicted octanol–water partition coefficient (Wildman–Crippen LogP) is 2.11. The molecule has 0 spiro atoms. The Hall–Kier alpha value is -0.0800. The first-order chi connectivity index (χ1) is 6.76. The Morgan fingerprint density at radius 1 is 1.21 bits per heavy atom. The summed E-state index contributed by atoms with van der Waals surface area (Å²) < 4.78 is 0. The fourth-order valence-electron chi connectivity index (χ4n) is 2.55. The molecule has 1 N–H and O–H groups in total. The van der Waals surface area contributed by atoms with E-state index in [9.17, 15) is 0 Å². The first-order valence-corrected chi connectivity index (χ1v) is 6.12. The van der Waals surface area contributed by atoms with Gasteiger partial charge in [0.1, 0.15) is 0 Å². The molecule has 1 aliphatic rings. The summed E-state index contributed by atoms with van der Waals surface area (Å²) in [4.78, 5) is 2.49. The molecule has 0 aromatic carbocycles. The van der Waals surface area contributed by atoms with Gasteiger partial charge >= 0.3 is 0 Å². The van der Waals surface area contributed by atoms with Crippen LogP contribution in [0.5, 0.6) is 0 Å². The fourth-order valence-corrected chi connectivity index (χ4v) is 2.55. The van der Waals surface area contributed by atoms with Crippen LogP contribution in [-0.2, 0) is 0 Å². The molecule has 84 valence electrons. The quantitative estimate of drug-likeness (QED) is 0.728. The van der Waals surface area contributed by atoms with Gasteiger partial charge in [-0.25, -0.2) is 0 Å². The van der Waals surface area contributed by atoms with Crippen molar-refractivity contribution in [3.8, 4) is 0 Å². The summed E-state index contributed by atoms with van der Waals surface area (Å²) in [7, 11) is 4.35. The van der Waals surface area contributed by atoms with E-state index in [0.29, 0.717) is 0 Å². The highest BCUT2D eigenvalue weighted by Crippen LogP contribution is 2.24. The monoisotopic (exact) mass is 198 g/mol. The molecule has 1 fully saturated rings. The van der Waals surface area contributed by atoms with Gasteiger partial charge in [0.2, 0.25) is 0 Å². The van der Waals surface area contributed by atoms with Gasteiger partial charge in [-0.1, -0.05) is 6.92 Å². The van der Waals surface area contributed by atoms with Crippen LogP contribution in [0.25, 0.3) is 0 Å². The lowest BCUT2D eigenvalue weighted by Gasteiger charge is -2.31. The Morgan fingerprint density at radius 3 is 2.36 bits per heavy atom. The van der Waals surface area contributed by atoms with Gasteiger partial charge in [0, 0.05) is 12.6 Å². The van der Waals surface area contributed by atoms with E-state index in [4.69, 9.17) is 0 Å². The van der Waals surface area contributed by atoms with Crippen molar-refractivity contribution in [1.29, 1.82) is 0 Å². The minimum absolute atomic E-state index is 0.794. The van der Waals surface area contributed by atoms with Gasteiger partial charge < -0.3 is 10.2 Å². The lowest BCUT2D eigenvalue weighted by Crippen LogP contribution is -2.34. The van der Waals surface area contributed by atoms with Crippen LogP contribution in [0.3, 0.4) is 0 Å². The third-order valence-electron chi connectivity index (χ3n) is 3.43. The normalized spacial score (nSPS) is 28.3. The number of hydrogen-bond donors (Lipinski definition) is 1. The average Bonchev–Trinajstić information content (AvgIpc) is 2.19. The summed E-state index contributed by atoms with van der Waals surface area (Å²) in [6, 6.07) is 0.794. The molecule has 1 rings (SSSR count). The van der Waals surface area contributed by atoms with Gasteiger partial charge in [-0.05, 0) is 58.7 Å². The van der Waals surface area contributed by atoms with Gasteiger partial charge in [0.15, 0.2) is 0 Å². The van der Waals surface area contributed by atoms with Crippen LogP contribution >= 0.6 is 0 Å². The van der Waals surface area contributed by atoms with E-state index in [1.165, 1.54) is 45.2 Å². The van der Waals surface area contributed by atoms with Crippen LogP contribution in [0, 0.1) is 5.92 Å². The summed E-state index contributed by atoms with van der Waals surface area (Å²) in [6.07, 6.45) is 6.86. The molecule has 2 heteroatoms. The Balaban J connectivity index is 2.15. The zero-order valence-corrected chi connectivity index (χ0v) is 10.1. The van der Waals surface area contributed by atoms with Crippen molar-refractivity contribution >= 4 is 0 Å². The van der Waals surface area contributed by atoms with E-state index in [-0.39, 0.29) is 0 Å². The smallest absolute Gasteiger partial charge is 0.00642 e. The third kappa shape index (κ3) is 3.97. The fraction of sp³-hybridized carbons (Fsp3) is 1.00. The minimum Gasteiger partial charge on any atom is -0.317 e. The highest BCUT2D eigenvalue weighted by Gasteiger charge is 2.20. The second kappa shape index (κ2) is 6.41. The third-order valence-corrected chi connectivity index (χ3v) is 3.43. The second-order valence-corrected chi connectivity index (χ2v) is 4.77. The molecule has 0 heterocycles. The van der Waals surface area contributed by atoms with Crippen molar-refractivity contribution in [3.63, 3.8) is 0 Å². The highest BCUT2D eigenvalue weighted by molar-refractivity contribution is 4.77. The Bertz CT molecular complexity index is 139. The van der Waals surface area contributed by atoms with Crippen LogP contribution < -0.4 is 5.32 Å². The van der Waals surface area contributed by atoms with Crippen molar-refractivity contribution in [2.24, 2.45) is 5.92 Å². The molecule has 0 atom stereocenters. The number of nitrogens with one attached hydrogen (secondary N) is 1. The van der Waals surface area contributed by atoms with Crippen LogP contribution in [0.2, 0.25) is 0 Å². The zero-order valence-electron chi connectivity index (χ0n) is 10.1. The molecule has 14 heavy (non-hydrogen) atoms. The number of nitrogens with zero attached hydrogens (tertiary/aromatic N) is 1. The van der Waals surface area contributed by atoms with Gasteiger partial charge in [-0.15, -0.1) is 0 Å². The molecule has 2 nitrogen and oxygen atoms in total. The van der Waals surface area contributed by atoms with Crippen LogP contribution in [0.15, 0.2) is 0 Å². The average molecular weight is 198 g/mol. The van der Waals surface area contributed by atoms with E-state index in [1.54, 1.807) is 0 Å². The Kier molecular flexibility index (Phi) is 5.49. The van der Waals surface area contributed by atoms with Crippen LogP contribution in [0.1, 0.15) is 39.0 Å². The molecular formula is C12H26N2. The predicted molar refractivity (Wildman–Crippen MR) is 62.6 cm³/mol. The molecule has 0 bridgehead atoms. The SMILES string of the molecule is CCCN(C)CC1CCC(NC)CC1. The van der Waals surface area contributed by atoms with Crippen molar-refractivity contribution < 1.29 is 0 Å². The first kappa shape index (κ1) is 12.0. The summed E-state index contributed by atoms with van der Waals surface area (Å²) in [5, 5.41) is 3.39. The number of rotatable bonds is 5. The molecule has 0 aliphatic heterocycles. The van der Waals surface area contributed by atoms with Gasteiger partial charge in [-0.3, -0.25) is 0 Å². The summed E-state index contributed by atoms with van der Waals surface area (Å²) >= 11 is 0. The summed E-state index contributed by atoms with van der Waals surface area (Å²) in [6.45, 7) is 4.82. The van der Waals surface area contributed by atoms with Gasteiger partial charge in [0.25, 0.3) is 0 Å². The molecule has 0 saturated heterocycles. The zero-order chi connectivity index (χ0) is 10.4. The lowest BCUT2D eigenvalue weighted by molar-refractivity contribution is 0.216. The van der Waals surface area contributed by atoms with Crippen molar-refractivity contribution in [2.45, 2.75) is 45.1 Å². The van der Waals surface area contributed by atoms with E-state index < -0.39 is 0 Å². The maximum atomic E-state index is 3.39. The van der Waals surface area contributed by atoms with E-state index in [2.05, 4.69) is 31.2 Å². The maximum Gasteiger partial charge on any atom is 0.00642 e. The van der Waals surface area contributed by atoms with Crippen molar-refractivity contribution in [1.82, 2.24) is 10.2 Å². The van der Waals surface area contributed by atoms with Crippen molar-refractivity contribution in [3.05, 3.63) is 0 Å². The molecule has 1 aliphatic carbocycles. The standard InChI is InChI=1S/C12H26N2/c1-4-9-14(3)10-11-5-7-12(13-2)8-6-11/h11-13H,4-10H2,1-3H3. The van der Waals surface area contributed by atoms with E-state index in [0.717, 1.165) is 12.0 Å². The highest BCUT2D eigenvalue weighted by atomic mass is 15.1. The Labute approximate surface area is 89.1 Å². The molecule has 0 radical (unpaired) electrons.